The number of aliphatic hydroxyl groups is 1. The lowest BCUT2D eigenvalue weighted by atomic mass is 10.1. The number of furan rings is 1. The van der Waals surface area contributed by atoms with Gasteiger partial charge in [-0.15, -0.1) is 0 Å². The number of phenolic OH excluding ortho intramolecular Hbond substituents is 1. The zero-order chi connectivity index (χ0) is 11.0. The van der Waals surface area contributed by atoms with Crippen LogP contribution in [-0.2, 0) is 0 Å². The van der Waals surface area contributed by atoms with Gasteiger partial charge in [-0.1, -0.05) is 0 Å². The Balaban J connectivity index is 2.70. The van der Waals surface area contributed by atoms with Crippen LogP contribution in [0.3, 0.4) is 0 Å². The Morgan fingerprint density at radius 3 is 2.93 bits per heavy atom. The molecule has 0 bridgehead atoms. The van der Waals surface area contributed by atoms with Crippen molar-refractivity contribution < 1.29 is 14.6 Å². The molecule has 0 spiro atoms. The Hall–Kier alpha value is -1.04. The van der Waals surface area contributed by atoms with Crippen molar-refractivity contribution in [1.29, 1.82) is 0 Å². The van der Waals surface area contributed by atoms with Crippen LogP contribution < -0.4 is 5.73 Å². The van der Waals surface area contributed by atoms with E-state index < -0.39 is 6.10 Å². The molecule has 0 aliphatic carbocycles. The predicted molar refractivity (Wildman–Crippen MR) is 59.6 cm³/mol. The van der Waals surface area contributed by atoms with Crippen molar-refractivity contribution in [2.75, 3.05) is 6.54 Å². The topological polar surface area (TPSA) is 79.6 Å². The molecule has 80 valence electrons. The zero-order valence-electron chi connectivity index (χ0n) is 7.77. The number of rotatable bonds is 2. The summed E-state index contributed by atoms with van der Waals surface area (Å²) in [6.45, 7) is 0.0478. The van der Waals surface area contributed by atoms with Gasteiger partial charge in [0, 0.05) is 17.5 Å². The van der Waals surface area contributed by atoms with Gasteiger partial charge < -0.3 is 20.4 Å². The quantitative estimate of drug-likeness (QED) is 0.780. The number of fused-ring (bicyclic) bond motifs is 1. The Kier molecular flexibility index (Phi) is 2.68. The first-order valence-corrected chi connectivity index (χ1v) is 5.21. The maximum atomic E-state index is 9.81. The fourth-order valence-electron chi connectivity index (χ4n) is 1.46. The first kappa shape index (κ1) is 10.5. The first-order valence-electron chi connectivity index (χ1n) is 4.42. The van der Waals surface area contributed by atoms with Crippen molar-refractivity contribution in [3.8, 4) is 5.75 Å². The van der Waals surface area contributed by atoms with Gasteiger partial charge >= 0.3 is 0 Å². The lowest BCUT2D eigenvalue weighted by molar-refractivity contribution is 0.182. The average Bonchev–Trinajstić information content (AvgIpc) is 2.70. The van der Waals surface area contributed by atoms with E-state index in [1.165, 1.54) is 6.26 Å². The van der Waals surface area contributed by atoms with Crippen LogP contribution in [0.25, 0.3) is 11.0 Å². The maximum Gasteiger partial charge on any atom is 0.136 e. The third-order valence-electron chi connectivity index (χ3n) is 2.28. The van der Waals surface area contributed by atoms with E-state index in [1.807, 2.05) is 0 Å². The summed E-state index contributed by atoms with van der Waals surface area (Å²) in [6, 6.07) is 3.32. The molecule has 1 aromatic heterocycles. The molecule has 15 heavy (non-hydrogen) atoms. The van der Waals surface area contributed by atoms with Crippen LogP contribution in [-0.4, -0.2) is 16.8 Å². The molecular weight excluding hydrogens is 262 g/mol. The normalized spacial score (nSPS) is 13.3. The second-order valence-corrected chi connectivity index (χ2v) is 4.01. The predicted octanol–water partition coefficient (Wildman–Crippen LogP) is 1.89. The summed E-state index contributed by atoms with van der Waals surface area (Å²) in [5.41, 5.74) is 6.30. The van der Waals surface area contributed by atoms with E-state index in [4.69, 9.17) is 10.2 Å². The molecule has 1 heterocycles. The number of benzene rings is 1. The lowest BCUT2D eigenvalue weighted by Gasteiger charge is -2.11. The highest BCUT2D eigenvalue weighted by Gasteiger charge is 2.17. The van der Waals surface area contributed by atoms with Gasteiger partial charge in [0.25, 0.3) is 0 Å². The first-order chi connectivity index (χ1) is 7.15. The molecule has 0 aliphatic heterocycles. The van der Waals surface area contributed by atoms with Crippen molar-refractivity contribution in [3.05, 3.63) is 28.4 Å². The van der Waals surface area contributed by atoms with E-state index in [0.29, 0.717) is 15.6 Å². The van der Waals surface area contributed by atoms with Gasteiger partial charge in [0.15, 0.2) is 0 Å². The molecule has 0 amide bonds. The molecule has 0 saturated heterocycles. The summed E-state index contributed by atoms with van der Waals surface area (Å²) < 4.78 is 5.71. The van der Waals surface area contributed by atoms with Gasteiger partial charge in [0.2, 0.25) is 0 Å². The highest BCUT2D eigenvalue weighted by molar-refractivity contribution is 9.10. The minimum Gasteiger partial charge on any atom is -0.506 e. The molecule has 0 radical (unpaired) electrons. The molecule has 4 N–H and O–H groups in total. The van der Waals surface area contributed by atoms with Crippen molar-refractivity contribution in [3.63, 3.8) is 0 Å². The third-order valence-corrected chi connectivity index (χ3v) is 3.08. The monoisotopic (exact) mass is 271 g/mol. The highest BCUT2D eigenvalue weighted by atomic mass is 79.9. The molecule has 0 aliphatic rings. The fraction of sp³-hybridized carbons (Fsp3) is 0.200. The van der Waals surface area contributed by atoms with Gasteiger partial charge in [0.1, 0.15) is 11.3 Å². The van der Waals surface area contributed by atoms with Crippen LogP contribution in [0.1, 0.15) is 11.7 Å². The van der Waals surface area contributed by atoms with Crippen molar-refractivity contribution in [2.24, 2.45) is 5.73 Å². The standard InChI is InChI=1S/C10H10BrNO3/c11-9-5-1-2-15-8(5)3-6(10(9)14)7(13)4-12/h1-3,7,13-14H,4,12H2. The van der Waals surface area contributed by atoms with Gasteiger partial charge in [-0.05, 0) is 28.1 Å². The molecule has 1 aromatic carbocycles. The number of aliphatic hydroxyl groups excluding tert-OH is 1. The fourth-order valence-corrected chi connectivity index (χ4v) is 2.02. The summed E-state index contributed by atoms with van der Waals surface area (Å²) >= 11 is 3.25. The summed E-state index contributed by atoms with van der Waals surface area (Å²) in [5.74, 6) is 0.00171. The van der Waals surface area contributed by atoms with Gasteiger partial charge in [-0.3, -0.25) is 0 Å². The lowest BCUT2D eigenvalue weighted by Crippen LogP contribution is -2.11. The van der Waals surface area contributed by atoms with Crippen molar-refractivity contribution in [2.45, 2.75) is 6.10 Å². The molecule has 0 fully saturated rings. The third kappa shape index (κ3) is 1.62. The Morgan fingerprint density at radius 2 is 2.27 bits per heavy atom. The Labute approximate surface area is 94.4 Å². The number of halogens is 1. The molecule has 1 atom stereocenters. The second kappa shape index (κ2) is 3.84. The molecule has 0 saturated carbocycles. The Morgan fingerprint density at radius 1 is 1.53 bits per heavy atom. The molecule has 5 heteroatoms. The number of phenols is 1. The second-order valence-electron chi connectivity index (χ2n) is 3.21. The number of hydrogen-bond donors (Lipinski definition) is 3. The molecule has 2 aromatic rings. The average molecular weight is 272 g/mol. The SMILES string of the molecule is NCC(O)c1cc2occc2c(Br)c1O. The van der Waals surface area contributed by atoms with E-state index in [0.717, 1.165) is 5.39 Å². The van der Waals surface area contributed by atoms with E-state index in [-0.39, 0.29) is 12.3 Å². The number of nitrogens with two attached hydrogens (primary N) is 1. The van der Waals surface area contributed by atoms with Crippen LogP contribution in [0.2, 0.25) is 0 Å². The van der Waals surface area contributed by atoms with Gasteiger partial charge in [-0.2, -0.15) is 0 Å². The minimum atomic E-state index is -0.893. The zero-order valence-corrected chi connectivity index (χ0v) is 9.36. The van der Waals surface area contributed by atoms with Crippen LogP contribution >= 0.6 is 15.9 Å². The van der Waals surface area contributed by atoms with Gasteiger partial charge in [0.05, 0.1) is 16.8 Å². The van der Waals surface area contributed by atoms with E-state index >= 15 is 0 Å². The van der Waals surface area contributed by atoms with Crippen LogP contribution in [0.5, 0.6) is 5.75 Å². The summed E-state index contributed by atoms with van der Waals surface area (Å²) in [7, 11) is 0. The van der Waals surface area contributed by atoms with Crippen LogP contribution in [0, 0.1) is 0 Å². The van der Waals surface area contributed by atoms with E-state index in [2.05, 4.69) is 15.9 Å². The summed E-state index contributed by atoms with van der Waals surface area (Å²) in [5, 5.41) is 20.2. The molecule has 4 nitrogen and oxygen atoms in total. The molecular formula is C10H10BrNO3. The van der Waals surface area contributed by atoms with Crippen LogP contribution in [0.15, 0.2) is 27.3 Å². The Bertz CT molecular complexity index is 495. The smallest absolute Gasteiger partial charge is 0.136 e. The highest BCUT2D eigenvalue weighted by Crippen LogP contribution is 2.38. The minimum absolute atomic E-state index is 0.00171. The summed E-state index contributed by atoms with van der Waals surface area (Å²) in [4.78, 5) is 0. The van der Waals surface area contributed by atoms with Crippen molar-refractivity contribution in [1.82, 2.24) is 0 Å². The van der Waals surface area contributed by atoms with E-state index in [9.17, 15) is 10.2 Å². The largest absolute Gasteiger partial charge is 0.506 e. The number of aromatic hydroxyl groups is 1. The van der Waals surface area contributed by atoms with Gasteiger partial charge in [-0.25, -0.2) is 0 Å². The summed E-state index contributed by atoms with van der Waals surface area (Å²) in [6.07, 6.45) is 0.629. The van der Waals surface area contributed by atoms with E-state index in [1.54, 1.807) is 12.1 Å². The molecule has 1 unspecified atom stereocenters. The van der Waals surface area contributed by atoms with Crippen molar-refractivity contribution >= 4 is 26.9 Å². The maximum absolute atomic E-state index is 9.81. The molecule has 2 rings (SSSR count). The number of hydrogen-bond acceptors (Lipinski definition) is 4. The van der Waals surface area contributed by atoms with Crippen LogP contribution in [0.4, 0.5) is 0 Å².